The molecule has 87 valence electrons. The lowest BCUT2D eigenvalue weighted by molar-refractivity contribution is 0.102. The molecule has 1 aromatic heterocycles. The van der Waals surface area contributed by atoms with Crippen LogP contribution >= 0.6 is 0 Å². The van der Waals surface area contributed by atoms with Crippen molar-refractivity contribution in [2.45, 2.75) is 0 Å². The minimum Gasteiger partial charge on any atom is -0.290 e. The van der Waals surface area contributed by atoms with Crippen molar-refractivity contribution in [1.29, 1.82) is 0 Å². The molecule has 2 aromatic rings. The number of carbonyl (C=O) groups excluding carboxylic acids is 1. The first kappa shape index (κ1) is 10.4. The van der Waals surface area contributed by atoms with Gasteiger partial charge in [0.05, 0.1) is 6.20 Å². The van der Waals surface area contributed by atoms with Gasteiger partial charge < -0.3 is 0 Å². The van der Waals surface area contributed by atoms with E-state index in [1.807, 2.05) is 6.07 Å². The number of aliphatic imine (C=N–C) groups is 1. The third-order valence-corrected chi connectivity index (χ3v) is 2.39. The molecule has 18 heavy (non-hydrogen) atoms. The number of carbonyl (C=O) groups is 1. The van der Waals surface area contributed by atoms with E-state index in [0.717, 1.165) is 0 Å². The quantitative estimate of drug-likeness (QED) is 0.863. The van der Waals surface area contributed by atoms with Crippen LogP contribution in [-0.2, 0) is 0 Å². The number of hydrogen-bond acceptors (Lipinski definition) is 4. The summed E-state index contributed by atoms with van der Waals surface area (Å²) in [6, 6.07) is 8.87. The molecule has 2 heterocycles. The standard InChI is InChI=1S/C12H8N5O/c18-11(8-4-2-1-3-5-8)17-12-13-6-9-10(16-12)15-7-14-9/h1-7H,(H,13,16,17,18). The molecule has 6 heteroatoms. The second kappa shape index (κ2) is 4.25. The molecule has 0 atom stereocenters. The highest BCUT2D eigenvalue weighted by Crippen LogP contribution is 2.25. The van der Waals surface area contributed by atoms with Crippen molar-refractivity contribution < 1.29 is 4.79 Å². The summed E-state index contributed by atoms with van der Waals surface area (Å²) in [6.07, 6.45) is 2.93. The van der Waals surface area contributed by atoms with Crippen LogP contribution in [0.4, 0.5) is 17.5 Å². The SMILES string of the molecule is O=C(Nc1ncc2c(n1)[N]C=N2)c1ccccc1. The molecule has 1 aliphatic heterocycles. The first-order chi connectivity index (χ1) is 8.83. The molecule has 0 fully saturated rings. The Kier molecular flexibility index (Phi) is 2.45. The Morgan fingerprint density at radius 2 is 2.00 bits per heavy atom. The van der Waals surface area contributed by atoms with Crippen LogP contribution in [0.5, 0.6) is 0 Å². The summed E-state index contributed by atoms with van der Waals surface area (Å²) in [5, 5.41) is 6.56. The molecule has 3 rings (SSSR count). The van der Waals surface area contributed by atoms with Crippen LogP contribution < -0.4 is 10.6 Å². The zero-order valence-corrected chi connectivity index (χ0v) is 9.24. The fraction of sp³-hybridized carbons (Fsp3) is 0. The molecule has 1 aliphatic rings. The number of rotatable bonds is 2. The van der Waals surface area contributed by atoms with E-state index in [-0.39, 0.29) is 11.9 Å². The molecule has 1 aromatic carbocycles. The van der Waals surface area contributed by atoms with Gasteiger partial charge in [-0.1, -0.05) is 18.2 Å². The number of nitrogens with zero attached hydrogens (tertiary/aromatic N) is 4. The molecular weight excluding hydrogens is 230 g/mol. The molecule has 0 unspecified atom stereocenters. The van der Waals surface area contributed by atoms with Crippen molar-refractivity contribution in [3.8, 4) is 0 Å². The molecule has 0 saturated carbocycles. The summed E-state index contributed by atoms with van der Waals surface area (Å²) < 4.78 is 0. The summed E-state index contributed by atoms with van der Waals surface area (Å²) in [5.41, 5.74) is 1.16. The molecule has 0 aliphatic carbocycles. The molecule has 1 radical (unpaired) electrons. The Morgan fingerprint density at radius 3 is 2.83 bits per heavy atom. The predicted molar refractivity (Wildman–Crippen MR) is 66.4 cm³/mol. The maximum absolute atomic E-state index is 11.9. The topological polar surface area (TPSA) is 81.3 Å². The Labute approximate surface area is 103 Å². The summed E-state index contributed by atoms with van der Waals surface area (Å²) in [7, 11) is 0. The number of hydrogen-bond donors (Lipinski definition) is 1. The normalized spacial score (nSPS) is 11.8. The van der Waals surface area contributed by atoms with E-state index in [2.05, 4.69) is 25.6 Å². The number of nitrogens with one attached hydrogen (secondary N) is 1. The van der Waals surface area contributed by atoms with Crippen molar-refractivity contribution >= 4 is 29.7 Å². The van der Waals surface area contributed by atoms with E-state index in [1.165, 1.54) is 12.5 Å². The summed E-state index contributed by atoms with van der Waals surface area (Å²) in [6.45, 7) is 0. The highest BCUT2D eigenvalue weighted by molar-refractivity contribution is 6.03. The van der Waals surface area contributed by atoms with Gasteiger partial charge in [-0.15, -0.1) is 0 Å². The maximum atomic E-state index is 11.9. The van der Waals surface area contributed by atoms with Crippen LogP contribution in [0.2, 0.25) is 0 Å². The Morgan fingerprint density at radius 1 is 1.17 bits per heavy atom. The summed E-state index contributed by atoms with van der Waals surface area (Å²) in [4.78, 5) is 23.9. The van der Waals surface area contributed by atoms with Crippen LogP contribution in [0.15, 0.2) is 41.5 Å². The zero-order chi connectivity index (χ0) is 12.4. The first-order valence-electron chi connectivity index (χ1n) is 5.30. The fourth-order valence-corrected chi connectivity index (χ4v) is 1.52. The molecule has 0 saturated heterocycles. The lowest BCUT2D eigenvalue weighted by Gasteiger charge is -2.04. The second-order valence-electron chi connectivity index (χ2n) is 3.60. The van der Waals surface area contributed by atoms with Crippen LogP contribution in [-0.4, -0.2) is 22.2 Å². The van der Waals surface area contributed by atoms with Crippen molar-refractivity contribution in [1.82, 2.24) is 15.3 Å². The van der Waals surface area contributed by atoms with Crippen molar-refractivity contribution in [3.05, 3.63) is 42.1 Å². The average Bonchev–Trinajstić information content (AvgIpc) is 2.87. The van der Waals surface area contributed by atoms with Gasteiger partial charge in [0.25, 0.3) is 5.91 Å². The van der Waals surface area contributed by atoms with E-state index in [9.17, 15) is 4.79 Å². The van der Waals surface area contributed by atoms with E-state index in [1.54, 1.807) is 24.3 Å². The molecule has 1 amide bonds. The molecule has 6 nitrogen and oxygen atoms in total. The van der Waals surface area contributed by atoms with E-state index >= 15 is 0 Å². The van der Waals surface area contributed by atoms with Crippen molar-refractivity contribution in [3.63, 3.8) is 0 Å². The Hall–Kier alpha value is -2.76. The van der Waals surface area contributed by atoms with Crippen molar-refractivity contribution in [2.24, 2.45) is 4.99 Å². The number of benzene rings is 1. The van der Waals surface area contributed by atoms with Crippen LogP contribution in [0.25, 0.3) is 0 Å². The minimum absolute atomic E-state index is 0.219. The van der Waals surface area contributed by atoms with Gasteiger partial charge in [0.1, 0.15) is 12.0 Å². The second-order valence-corrected chi connectivity index (χ2v) is 3.60. The number of fused-ring (bicyclic) bond motifs is 1. The monoisotopic (exact) mass is 238 g/mol. The largest absolute Gasteiger partial charge is 0.290 e. The highest BCUT2D eigenvalue weighted by Gasteiger charge is 2.13. The van der Waals surface area contributed by atoms with Gasteiger partial charge in [-0.05, 0) is 12.1 Å². The Bertz CT molecular complexity index is 624. The Balaban J connectivity index is 1.80. The third kappa shape index (κ3) is 1.91. The lowest BCUT2D eigenvalue weighted by atomic mass is 10.2. The van der Waals surface area contributed by atoms with Gasteiger partial charge in [0.15, 0.2) is 5.82 Å². The summed E-state index contributed by atoms with van der Waals surface area (Å²) >= 11 is 0. The van der Waals surface area contributed by atoms with Crippen LogP contribution in [0.1, 0.15) is 10.4 Å². The number of anilines is 1. The molecule has 1 N–H and O–H groups in total. The van der Waals surface area contributed by atoms with E-state index in [0.29, 0.717) is 17.1 Å². The van der Waals surface area contributed by atoms with Gasteiger partial charge in [0, 0.05) is 5.56 Å². The first-order valence-corrected chi connectivity index (χ1v) is 5.30. The van der Waals surface area contributed by atoms with Gasteiger partial charge in [0.2, 0.25) is 5.95 Å². The van der Waals surface area contributed by atoms with Gasteiger partial charge in [-0.25, -0.2) is 15.3 Å². The van der Waals surface area contributed by atoms with Crippen molar-refractivity contribution in [2.75, 3.05) is 5.32 Å². The molecule has 0 bridgehead atoms. The van der Waals surface area contributed by atoms with Crippen LogP contribution in [0.3, 0.4) is 0 Å². The van der Waals surface area contributed by atoms with Crippen LogP contribution in [0, 0.1) is 0 Å². The van der Waals surface area contributed by atoms with Gasteiger partial charge in [-0.3, -0.25) is 10.1 Å². The number of amides is 1. The minimum atomic E-state index is -0.255. The molecule has 0 spiro atoms. The summed E-state index contributed by atoms with van der Waals surface area (Å²) in [5.74, 6) is 0.430. The number of aromatic nitrogens is 2. The average molecular weight is 238 g/mol. The van der Waals surface area contributed by atoms with E-state index < -0.39 is 0 Å². The maximum Gasteiger partial charge on any atom is 0.258 e. The third-order valence-electron chi connectivity index (χ3n) is 2.39. The fourth-order valence-electron chi connectivity index (χ4n) is 1.52. The molecular formula is C12H8N5O. The smallest absolute Gasteiger partial charge is 0.258 e. The predicted octanol–water partition coefficient (Wildman–Crippen LogP) is 1.64. The van der Waals surface area contributed by atoms with Gasteiger partial charge in [-0.2, -0.15) is 4.98 Å². The van der Waals surface area contributed by atoms with Gasteiger partial charge >= 0.3 is 0 Å². The highest BCUT2D eigenvalue weighted by atomic mass is 16.1. The lowest BCUT2D eigenvalue weighted by Crippen LogP contribution is -2.14. The van der Waals surface area contributed by atoms with E-state index in [4.69, 9.17) is 0 Å². The zero-order valence-electron chi connectivity index (χ0n) is 9.24.